The Hall–Kier alpha value is -1.00. The van der Waals surface area contributed by atoms with Crippen molar-refractivity contribution in [1.82, 2.24) is 0 Å². The van der Waals surface area contributed by atoms with Gasteiger partial charge in [0.25, 0.3) is 0 Å². The second-order valence-corrected chi connectivity index (χ2v) is 4.70. The highest BCUT2D eigenvalue weighted by Crippen LogP contribution is 2.23. The Morgan fingerprint density at radius 2 is 2.08 bits per heavy atom. The molecule has 0 atom stereocenters. The minimum absolute atomic E-state index is 0.0988. The maximum atomic E-state index is 11.2. The molecule has 0 fully saturated rings. The first-order valence-electron chi connectivity index (χ1n) is 3.40. The van der Waals surface area contributed by atoms with Crippen LogP contribution in [0, 0.1) is 0 Å². The third-order valence-electron chi connectivity index (χ3n) is 1.52. The normalized spacial score (nSPS) is 11.2. The molecule has 0 aliphatic carbocycles. The summed E-state index contributed by atoms with van der Waals surface area (Å²) in [5.41, 5.74) is 5.77. The summed E-state index contributed by atoms with van der Waals surface area (Å²) in [5.74, 6) is 0. The van der Waals surface area contributed by atoms with Crippen LogP contribution >= 0.6 is 11.6 Å². The molecule has 0 aromatic heterocycles. The molecule has 2 N–H and O–H groups in total. The van der Waals surface area contributed by atoms with Gasteiger partial charge in [-0.25, -0.2) is 8.42 Å². The Morgan fingerprint density at radius 3 is 2.54 bits per heavy atom. The number of nitrogen functional groups attached to an aromatic ring is 1. The first-order chi connectivity index (χ1) is 5.97. The standard InChI is InChI=1S/C8H8ClNO2S/c1-2-13(11,12)6-3-4-8(10)7(9)5-6/h2-5H,1,10H2. The number of sulfone groups is 1. The van der Waals surface area contributed by atoms with Gasteiger partial charge in [0.05, 0.1) is 15.6 Å². The first kappa shape index (κ1) is 10.1. The maximum absolute atomic E-state index is 11.2. The molecule has 70 valence electrons. The van der Waals surface area contributed by atoms with E-state index in [4.69, 9.17) is 17.3 Å². The van der Waals surface area contributed by atoms with Gasteiger partial charge in [-0.1, -0.05) is 18.2 Å². The van der Waals surface area contributed by atoms with Crippen molar-refractivity contribution in [3.8, 4) is 0 Å². The summed E-state index contributed by atoms with van der Waals surface area (Å²) < 4.78 is 22.5. The second kappa shape index (κ2) is 3.40. The predicted molar refractivity (Wildman–Crippen MR) is 53.2 cm³/mol. The molecule has 0 spiro atoms. The molecule has 0 unspecified atom stereocenters. The quantitative estimate of drug-likeness (QED) is 0.769. The summed E-state index contributed by atoms with van der Waals surface area (Å²) in [6, 6.07) is 4.13. The molecule has 13 heavy (non-hydrogen) atoms. The molecule has 3 nitrogen and oxygen atoms in total. The van der Waals surface area contributed by atoms with Gasteiger partial charge < -0.3 is 5.73 Å². The van der Waals surface area contributed by atoms with Crippen molar-refractivity contribution in [2.75, 3.05) is 5.73 Å². The summed E-state index contributed by atoms with van der Waals surface area (Å²) in [6.45, 7) is 3.20. The first-order valence-corrected chi connectivity index (χ1v) is 5.32. The van der Waals surface area contributed by atoms with Crippen LogP contribution in [0.4, 0.5) is 5.69 Å². The number of hydrogen-bond acceptors (Lipinski definition) is 3. The molecule has 0 amide bonds. The molecule has 1 aromatic rings. The molecule has 0 bridgehead atoms. The fourth-order valence-corrected chi connectivity index (χ4v) is 1.76. The Labute approximate surface area is 81.7 Å². The van der Waals surface area contributed by atoms with Crippen molar-refractivity contribution in [3.05, 3.63) is 35.2 Å². The number of anilines is 1. The summed E-state index contributed by atoms with van der Waals surface area (Å²) in [4.78, 5) is 0.0988. The number of hydrogen-bond donors (Lipinski definition) is 1. The van der Waals surface area contributed by atoms with Gasteiger partial charge in [0, 0.05) is 5.41 Å². The Bertz CT molecular complexity index is 439. The molecular formula is C8H8ClNO2S. The number of nitrogens with two attached hydrogens (primary N) is 1. The molecule has 0 saturated carbocycles. The van der Waals surface area contributed by atoms with E-state index in [2.05, 4.69) is 6.58 Å². The van der Waals surface area contributed by atoms with Gasteiger partial charge in [0.2, 0.25) is 0 Å². The Morgan fingerprint density at radius 1 is 1.46 bits per heavy atom. The van der Waals surface area contributed by atoms with Crippen molar-refractivity contribution in [2.45, 2.75) is 4.90 Å². The van der Waals surface area contributed by atoms with Crippen LogP contribution in [0.2, 0.25) is 5.02 Å². The summed E-state index contributed by atoms with van der Waals surface area (Å²) in [5, 5.41) is 1.09. The van der Waals surface area contributed by atoms with Crippen LogP contribution in [-0.4, -0.2) is 8.42 Å². The van der Waals surface area contributed by atoms with Crippen LogP contribution in [-0.2, 0) is 9.84 Å². The lowest BCUT2D eigenvalue weighted by Crippen LogP contribution is -1.96. The van der Waals surface area contributed by atoms with E-state index in [1.54, 1.807) is 0 Å². The smallest absolute Gasteiger partial charge is 0.199 e. The van der Waals surface area contributed by atoms with Crippen LogP contribution in [0.15, 0.2) is 35.1 Å². The van der Waals surface area contributed by atoms with E-state index in [-0.39, 0.29) is 9.92 Å². The van der Waals surface area contributed by atoms with Crippen LogP contribution in [0.1, 0.15) is 0 Å². The predicted octanol–water partition coefficient (Wildman–Crippen LogP) is 1.84. The number of halogens is 1. The van der Waals surface area contributed by atoms with Gasteiger partial charge in [0.1, 0.15) is 0 Å². The lowest BCUT2D eigenvalue weighted by Gasteiger charge is -2.01. The zero-order chi connectivity index (χ0) is 10.1. The zero-order valence-corrected chi connectivity index (χ0v) is 8.27. The summed E-state index contributed by atoms with van der Waals surface area (Å²) in [7, 11) is -3.41. The second-order valence-electron chi connectivity index (χ2n) is 2.39. The highest BCUT2D eigenvalue weighted by molar-refractivity contribution is 7.94. The van der Waals surface area contributed by atoms with E-state index in [9.17, 15) is 8.42 Å². The maximum Gasteiger partial charge on any atom is 0.199 e. The van der Waals surface area contributed by atoms with Gasteiger partial charge in [-0.15, -0.1) is 0 Å². The molecule has 5 heteroatoms. The van der Waals surface area contributed by atoms with Crippen molar-refractivity contribution in [1.29, 1.82) is 0 Å². The monoisotopic (exact) mass is 217 g/mol. The molecule has 0 aliphatic heterocycles. The van der Waals surface area contributed by atoms with Crippen molar-refractivity contribution in [3.63, 3.8) is 0 Å². The zero-order valence-electron chi connectivity index (χ0n) is 6.70. The van der Waals surface area contributed by atoms with E-state index in [0.717, 1.165) is 5.41 Å². The fraction of sp³-hybridized carbons (Fsp3) is 0. The average molecular weight is 218 g/mol. The highest BCUT2D eigenvalue weighted by atomic mass is 35.5. The molecule has 0 saturated heterocycles. The van der Waals surface area contributed by atoms with E-state index >= 15 is 0 Å². The molecule has 1 rings (SSSR count). The topological polar surface area (TPSA) is 60.2 Å². The van der Waals surface area contributed by atoms with Crippen LogP contribution in [0.25, 0.3) is 0 Å². The van der Waals surface area contributed by atoms with E-state index < -0.39 is 9.84 Å². The largest absolute Gasteiger partial charge is 0.398 e. The third kappa shape index (κ3) is 2.02. The number of benzene rings is 1. The van der Waals surface area contributed by atoms with Crippen LogP contribution < -0.4 is 5.73 Å². The number of rotatable bonds is 2. The van der Waals surface area contributed by atoms with Crippen molar-refractivity contribution >= 4 is 27.1 Å². The van der Waals surface area contributed by atoms with Gasteiger partial charge in [-0.3, -0.25) is 0 Å². The molecule has 0 heterocycles. The summed E-state index contributed by atoms with van der Waals surface area (Å²) >= 11 is 5.65. The van der Waals surface area contributed by atoms with Crippen molar-refractivity contribution in [2.24, 2.45) is 0 Å². The van der Waals surface area contributed by atoms with Crippen molar-refractivity contribution < 1.29 is 8.42 Å². The van der Waals surface area contributed by atoms with Gasteiger partial charge in [0.15, 0.2) is 9.84 Å². The Balaban J connectivity index is 3.35. The molecule has 0 radical (unpaired) electrons. The van der Waals surface area contributed by atoms with Gasteiger partial charge in [-0.2, -0.15) is 0 Å². The lowest BCUT2D eigenvalue weighted by atomic mass is 10.3. The fourth-order valence-electron chi connectivity index (χ4n) is 0.781. The van der Waals surface area contributed by atoms with Crippen LogP contribution in [0.3, 0.4) is 0 Å². The highest BCUT2D eigenvalue weighted by Gasteiger charge is 2.10. The van der Waals surface area contributed by atoms with E-state index in [1.807, 2.05) is 0 Å². The molecule has 0 aliphatic rings. The molecular weight excluding hydrogens is 210 g/mol. The van der Waals surface area contributed by atoms with Gasteiger partial charge >= 0.3 is 0 Å². The average Bonchev–Trinajstić information content (AvgIpc) is 2.09. The molecule has 1 aromatic carbocycles. The summed E-state index contributed by atoms with van der Waals surface area (Å²) in [6.07, 6.45) is 0. The van der Waals surface area contributed by atoms with Crippen LogP contribution in [0.5, 0.6) is 0 Å². The minimum atomic E-state index is -3.41. The third-order valence-corrected chi connectivity index (χ3v) is 3.20. The Kier molecular flexibility index (Phi) is 2.63. The lowest BCUT2D eigenvalue weighted by molar-refractivity contribution is 0.605. The van der Waals surface area contributed by atoms with Gasteiger partial charge in [-0.05, 0) is 18.2 Å². The van der Waals surface area contributed by atoms with E-state index in [1.165, 1.54) is 18.2 Å². The SMILES string of the molecule is C=CS(=O)(=O)c1ccc(N)c(Cl)c1. The minimum Gasteiger partial charge on any atom is -0.398 e. The van der Waals surface area contributed by atoms with E-state index in [0.29, 0.717) is 5.69 Å².